The van der Waals surface area contributed by atoms with Crippen molar-refractivity contribution >= 4 is 15.9 Å². The van der Waals surface area contributed by atoms with Crippen molar-refractivity contribution in [2.24, 2.45) is 0 Å². The molecule has 2 heterocycles. The predicted molar refractivity (Wildman–Crippen MR) is 100 cm³/mol. The van der Waals surface area contributed by atoms with Crippen molar-refractivity contribution in [1.29, 1.82) is 0 Å². The Balaban J connectivity index is 1.59. The second-order valence-corrected chi connectivity index (χ2v) is 8.59. The van der Waals surface area contributed by atoms with Crippen LogP contribution in [0.5, 0.6) is 0 Å². The number of ether oxygens (including phenoxy) is 1. The van der Waals surface area contributed by atoms with E-state index in [1.807, 2.05) is 0 Å². The van der Waals surface area contributed by atoms with E-state index in [9.17, 15) is 13.2 Å². The van der Waals surface area contributed by atoms with Gasteiger partial charge in [-0.1, -0.05) is 0 Å². The highest BCUT2D eigenvalue weighted by atomic mass is 32.2. The predicted octanol–water partition coefficient (Wildman–Crippen LogP) is 0.0489. The quantitative estimate of drug-likeness (QED) is 0.682. The summed E-state index contributed by atoms with van der Waals surface area (Å²) in [4.78, 5) is 14.5. The molecule has 1 amide bonds. The number of morpholine rings is 1. The van der Waals surface area contributed by atoms with Gasteiger partial charge >= 0.3 is 11.8 Å². The monoisotopic (exact) mass is 409 g/mol. The van der Waals surface area contributed by atoms with E-state index in [1.165, 1.54) is 26.2 Å². The van der Waals surface area contributed by atoms with E-state index in [-0.39, 0.29) is 16.7 Å². The van der Waals surface area contributed by atoms with Gasteiger partial charge in [-0.2, -0.15) is 0 Å². The minimum Gasteiger partial charge on any atom is -0.412 e. The summed E-state index contributed by atoms with van der Waals surface area (Å²) in [6, 6.07) is 6.03. The van der Waals surface area contributed by atoms with Crippen LogP contribution in [0.25, 0.3) is 11.5 Å². The van der Waals surface area contributed by atoms with Gasteiger partial charge < -0.3 is 14.5 Å². The Morgan fingerprint density at radius 3 is 2.50 bits per heavy atom. The number of hydrogen-bond donors (Lipinski definition) is 1. The lowest BCUT2D eigenvalue weighted by atomic mass is 10.2. The Morgan fingerprint density at radius 2 is 1.86 bits per heavy atom. The molecule has 10 nitrogen and oxygen atoms in total. The normalized spacial score (nSPS) is 15.7. The lowest BCUT2D eigenvalue weighted by Crippen LogP contribution is -2.41. The molecule has 0 spiro atoms. The van der Waals surface area contributed by atoms with E-state index < -0.39 is 15.9 Å². The number of nitrogens with zero attached hydrogens (tertiary/aromatic N) is 4. The molecule has 0 aliphatic carbocycles. The summed E-state index contributed by atoms with van der Waals surface area (Å²) in [5.41, 5.74) is 0.526. The molecule has 1 saturated heterocycles. The zero-order valence-corrected chi connectivity index (χ0v) is 16.6. The fourth-order valence-electron chi connectivity index (χ4n) is 2.64. The van der Waals surface area contributed by atoms with Gasteiger partial charge in [-0.15, -0.1) is 10.2 Å². The lowest BCUT2D eigenvalue weighted by Gasteiger charge is -2.26. The van der Waals surface area contributed by atoms with Gasteiger partial charge in [0.25, 0.3) is 0 Å². The van der Waals surface area contributed by atoms with Crippen LogP contribution in [0, 0.1) is 0 Å². The summed E-state index contributed by atoms with van der Waals surface area (Å²) in [5, 5.41) is 10.4. The van der Waals surface area contributed by atoms with E-state index in [1.54, 1.807) is 12.1 Å². The highest BCUT2D eigenvalue weighted by Gasteiger charge is 2.19. The minimum absolute atomic E-state index is 0.137. The van der Waals surface area contributed by atoms with E-state index >= 15 is 0 Å². The molecule has 0 unspecified atom stereocenters. The molecule has 0 atom stereocenters. The summed E-state index contributed by atoms with van der Waals surface area (Å²) in [6.07, 6.45) is 0. The molecule has 152 valence electrons. The van der Waals surface area contributed by atoms with Gasteiger partial charge in [-0.3, -0.25) is 9.69 Å². The van der Waals surface area contributed by atoms with Crippen molar-refractivity contribution in [3.05, 3.63) is 30.2 Å². The van der Waals surface area contributed by atoms with Gasteiger partial charge in [0.15, 0.2) is 0 Å². The molecule has 2 aromatic rings. The second-order valence-electron chi connectivity index (χ2n) is 6.43. The zero-order chi connectivity index (χ0) is 20.1. The molecule has 11 heteroatoms. The molecule has 1 fully saturated rings. The molecule has 1 N–H and O–H groups in total. The average molecular weight is 409 g/mol. The molecule has 1 aliphatic rings. The first-order chi connectivity index (χ1) is 13.4. The Bertz CT molecular complexity index is 904. The number of rotatable bonds is 7. The van der Waals surface area contributed by atoms with Crippen molar-refractivity contribution in [3.63, 3.8) is 0 Å². The second kappa shape index (κ2) is 8.78. The van der Waals surface area contributed by atoms with Gasteiger partial charge in [0.2, 0.25) is 15.9 Å². The SMILES string of the molecule is CN(C)S(=O)(=O)c1ccc(-c2nnc(C(=O)NCCN3CCOCC3)o2)cc1. The molecular weight excluding hydrogens is 386 g/mol. The minimum atomic E-state index is -3.51. The average Bonchev–Trinajstić information content (AvgIpc) is 3.19. The van der Waals surface area contributed by atoms with Crippen molar-refractivity contribution in [2.45, 2.75) is 4.90 Å². The number of amides is 1. The molecule has 0 saturated carbocycles. The molecule has 0 radical (unpaired) electrons. The largest absolute Gasteiger partial charge is 0.412 e. The molecule has 1 aromatic carbocycles. The van der Waals surface area contributed by atoms with Crippen molar-refractivity contribution in [3.8, 4) is 11.5 Å². The van der Waals surface area contributed by atoms with Gasteiger partial charge in [0, 0.05) is 45.8 Å². The smallest absolute Gasteiger partial charge is 0.308 e. The summed E-state index contributed by atoms with van der Waals surface area (Å²) in [5.74, 6) is -0.437. The standard InChI is InChI=1S/C17H23N5O5S/c1-21(2)28(24,25)14-5-3-13(4-6-14)16-19-20-17(27-16)15(23)18-7-8-22-9-11-26-12-10-22/h3-6H,7-12H2,1-2H3,(H,18,23). The molecule has 28 heavy (non-hydrogen) atoms. The number of sulfonamides is 1. The maximum atomic E-state index is 12.2. The topological polar surface area (TPSA) is 118 Å². The van der Waals surface area contributed by atoms with E-state index in [0.29, 0.717) is 25.3 Å². The number of aromatic nitrogens is 2. The van der Waals surface area contributed by atoms with Gasteiger partial charge in [-0.25, -0.2) is 12.7 Å². The highest BCUT2D eigenvalue weighted by Crippen LogP contribution is 2.21. The first kappa shape index (κ1) is 20.4. The third kappa shape index (κ3) is 4.73. The third-order valence-corrected chi connectivity index (χ3v) is 6.15. The van der Waals surface area contributed by atoms with Gasteiger partial charge in [-0.05, 0) is 24.3 Å². The number of benzene rings is 1. The fourth-order valence-corrected chi connectivity index (χ4v) is 3.54. The summed E-state index contributed by atoms with van der Waals surface area (Å²) >= 11 is 0. The first-order valence-electron chi connectivity index (χ1n) is 8.82. The van der Waals surface area contributed by atoms with Gasteiger partial charge in [0.1, 0.15) is 0 Å². The molecular formula is C17H23N5O5S. The summed E-state index contributed by atoms with van der Waals surface area (Å²) in [7, 11) is -0.586. The van der Waals surface area contributed by atoms with E-state index in [4.69, 9.17) is 9.15 Å². The zero-order valence-electron chi connectivity index (χ0n) is 15.8. The Labute approximate surface area is 163 Å². The van der Waals surface area contributed by atoms with Gasteiger partial charge in [0.05, 0.1) is 18.1 Å². The fraction of sp³-hybridized carbons (Fsp3) is 0.471. The number of nitrogens with one attached hydrogen (secondary N) is 1. The Hall–Kier alpha value is -2.34. The van der Waals surface area contributed by atoms with Crippen molar-refractivity contribution in [2.75, 3.05) is 53.5 Å². The first-order valence-corrected chi connectivity index (χ1v) is 10.3. The number of hydrogen-bond acceptors (Lipinski definition) is 8. The van der Waals surface area contributed by atoms with Crippen LogP contribution in [0.15, 0.2) is 33.6 Å². The lowest BCUT2D eigenvalue weighted by molar-refractivity contribution is 0.0382. The van der Waals surface area contributed by atoms with Crippen LogP contribution in [0.4, 0.5) is 0 Å². The Morgan fingerprint density at radius 1 is 1.18 bits per heavy atom. The van der Waals surface area contributed by atoms with E-state index in [2.05, 4.69) is 20.4 Å². The van der Waals surface area contributed by atoms with Crippen LogP contribution in [0.3, 0.4) is 0 Å². The van der Waals surface area contributed by atoms with E-state index in [0.717, 1.165) is 23.9 Å². The maximum Gasteiger partial charge on any atom is 0.308 e. The highest BCUT2D eigenvalue weighted by molar-refractivity contribution is 7.89. The molecule has 1 aromatic heterocycles. The van der Waals surface area contributed by atoms with Crippen molar-refractivity contribution < 1.29 is 22.4 Å². The summed E-state index contributed by atoms with van der Waals surface area (Å²) < 4.78 is 36.0. The van der Waals surface area contributed by atoms with Crippen LogP contribution in [0.1, 0.15) is 10.7 Å². The van der Waals surface area contributed by atoms with Crippen LogP contribution >= 0.6 is 0 Å². The van der Waals surface area contributed by atoms with Crippen LogP contribution in [0.2, 0.25) is 0 Å². The third-order valence-electron chi connectivity index (χ3n) is 4.32. The number of carbonyl (C=O) groups excluding carboxylic acids is 1. The van der Waals surface area contributed by atoms with Crippen LogP contribution in [-0.2, 0) is 14.8 Å². The van der Waals surface area contributed by atoms with Crippen LogP contribution < -0.4 is 5.32 Å². The molecule has 0 bridgehead atoms. The van der Waals surface area contributed by atoms with Crippen molar-refractivity contribution in [1.82, 2.24) is 24.7 Å². The number of carbonyl (C=O) groups is 1. The van der Waals surface area contributed by atoms with Crippen LogP contribution in [-0.4, -0.2) is 87.2 Å². The Kier molecular flexibility index (Phi) is 6.39. The molecule has 1 aliphatic heterocycles. The maximum absolute atomic E-state index is 12.2. The summed E-state index contributed by atoms with van der Waals surface area (Å²) in [6.45, 7) is 4.29. The molecule has 3 rings (SSSR count).